The lowest BCUT2D eigenvalue weighted by molar-refractivity contribution is 0.0994. The van der Waals surface area contributed by atoms with E-state index in [-0.39, 0.29) is 5.78 Å². The van der Waals surface area contributed by atoms with Gasteiger partial charge in [-0.1, -0.05) is 12.1 Å². The molecule has 1 aliphatic carbocycles. The van der Waals surface area contributed by atoms with Crippen LogP contribution >= 0.6 is 0 Å². The highest BCUT2D eigenvalue weighted by atomic mass is 16.5. The molecule has 0 fully saturated rings. The summed E-state index contributed by atoms with van der Waals surface area (Å²) in [7, 11) is 0. The topological polar surface area (TPSA) is 50.1 Å². The van der Waals surface area contributed by atoms with Gasteiger partial charge in [0.1, 0.15) is 12.4 Å². The molecule has 0 bridgehead atoms. The number of ether oxygens (including phenoxy) is 1. The van der Waals surface area contributed by atoms with Crippen molar-refractivity contribution < 1.29 is 9.53 Å². The molecule has 0 N–H and O–H groups in total. The van der Waals surface area contributed by atoms with Gasteiger partial charge in [0.2, 0.25) is 0 Å². The third kappa shape index (κ3) is 2.41. The van der Waals surface area contributed by atoms with Crippen LogP contribution in [0.3, 0.4) is 0 Å². The summed E-state index contributed by atoms with van der Waals surface area (Å²) in [5, 5.41) is 8.86. The first-order valence-electron chi connectivity index (χ1n) is 6.54. The molecule has 0 saturated heterocycles. The maximum absolute atomic E-state index is 11.6. The zero-order valence-corrected chi connectivity index (χ0v) is 10.9. The van der Waals surface area contributed by atoms with Gasteiger partial charge in [0.25, 0.3) is 0 Å². The summed E-state index contributed by atoms with van der Waals surface area (Å²) in [5.74, 6) is 0.981. The van der Waals surface area contributed by atoms with E-state index in [0.29, 0.717) is 18.6 Å². The minimum Gasteiger partial charge on any atom is -0.489 e. The second-order valence-corrected chi connectivity index (χ2v) is 4.84. The normalized spacial score (nSPS) is 12.8. The molecule has 0 heterocycles. The van der Waals surface area contributed by atoms with E-state index in [9.17, 15) is 4.79 Å². The van der Waals surface area contributed by atoms with Crippen molar-refractivity contribution in [3.05, 3.63) is 64.7 Å². The molecule has 0 spiro atoms. The van der Waals surface area contributed by atoms with E-state index in [2.05, 4.69) is 6.07 Å². The predicted octanol–water partition coefficient (Wildman–Crippen LogP) is 3.27. The second-order valence-electron chi connectivity index (χ2n) is 4.84. The van der Waals surface area contributed by atoms with E-state index in [4.69, 9.17) is 10.00 Å². The van der Waals surface area contributed by atoms with Crippen LogP contribution in [0.1, 0.15) is 33.5 Å². The van der Waals surface area contributed by atoms with E-state index in [1.54, 1.807) is 6.07 Å². The van der Waals surface area contributed by atoms with E-state index < -0.39 is 0 Å². The molecule has 0 aromatic heterocycles. The number of nitriles is 1. The summed E-state index contributed by atoms with van der Waals surface area (Å²) >= 11 is 0. The fourth-order valence-corrected chi connectivity index (χ4v) is 2.42. The Morgan fingerprint density at radius 1 is 1.15 bits per heavy atom. The molecule has 2 aromatic rings. The first kappa shape index (κ1) is 12.4. The number of aryl methyl sites for hydroxylation is 1. The van der Waals surface area contributed by atoms with E-state index in [0.717, 1.165) is 28.9 Å². The van der Waals surface area contributed by atoms with Crippen LogP contribution in [0.5, 0.6) is 5.75 Å². The lowest BCUT2D eigenvalue weighted by Crippen LogP contribution is -1.97. The van der Waals surface area contributed by atoms with Gasteiger partial charge in [-0.2, -0.15) is 5.26 Å². The summed E-state index contributed by atoms with van der Waals surface area (Å²) in [5.41, 5.74) is 3.48. The molecular weight excluding hydrogens is 250 g/mol. The van der Waals surface area contributed by atoms with Gasteiger partial charge in [-0.15, -0.1) is 0 Å². The van der Waals surface area contributed by atoms with Crippen molar-refractivity contribution in [2.45, 2.75) is 19.4 Å². The van der Waals surface area contributed by atoms with Crippen molar-refractivity contribution in [2.24, 2.45) is 0 Å². The molecule has 0 saturated carbocycles. The lowest BCUT2D eigenvalue weighted by atomic mass is 10.1. The van der Waals surface area contributed by atoms with Crippen LogP contribution in [-0.4, -0.2) is 5.78 Å². The molecule has 0 amide bonds. The predicted molar refractivity (Wildman–Crippen MR) is 74.6 cm³/mol. The summed E-state index contributed by atoms with van der Waals surface area (Å²) in [6.45, 7) is 0.419. The third-order valence-electron chi connectivity index (χ3n) is 3.46. The number of carbonyl (C=O) groups is 1. The maximum Gasteiger partial charge on any atom is 0.163 e. The summed E-state index contributed by atoms with van der Waals surface area (Å²) < 4.78 is 5.73. The summed E-state index contributed by atoms with van der Waals surface area (Å²) in [6.07, 6.45) is 1.40. The van der Waals surface area contributed by atoms with Crippen LogP contribution in [0.15, 0.2) is 42.5 Å². The Morgan fingerprint density at radius 3 is 2.90 bits per heavy atom. The Morgan fingerprint density at radius 2 is 2.05 bits per heavy atom. The van der Waals surface area contributed by atoms with Gasteiger partial charge in [0.05, 0.1) is 11.6 Å². The SMILES string of the molecule is N#Cc1cccc(COc2ccc3c(c2)CCC3=O)c1. The highest BCUT2D eigenvalue weighted by Gasteiger charge is 2.19. The zero-order chi connectivity index (χ0) is 13.9. The third-order valence-corrected chi connectivity index (χ3v) is 3.46. The number of hydrogen-bond acceptors (Lipinski definition) is 3. The fourth-order valence-electron chi connectivity index (χ4n) is 2.42. The van der Waals surface area contributed by atoms with Gasteiger partial charge in [-0.3, -0.25) is 4.79 Å². The van der Waals surface area contributed by atoms with Crippen LogP contribution < -0.4 is 4.74 Å². The van der Waals surface area contributed by atoms with Crippen molar-refractivity contribution in [2.75, 3.05) is 0 Å². The van der Waals surface area contributed by atoms with Gasteiger partial charge in [0.15, 0.2) is 5.78 Å². The maximum atomic E-state index is 11.6. The number of nitrogens with zero attached hydrogens (tertiary/aromatic N) is 1. The Bertz CT molecular complexity index is 713. The van der Waals surface area contributed by atoms with Crippen molar-refractivity contribution in [1.82, 2.24) is 0 Å². The first-order chi connectivity index (χ1) is 9.76. The highest BCUT2D eigenvalue weighted by molar-refractivity contribution is 6.00. The first-order valence-corrected chi connectivity index (χ1v) is 6.54. The monoisotopic (exact) mass is 263 g/mol. The molecule has 2 aromatic carbocycles. The standard InChI is InChI=1S/C17H13NO2/c18-10-12-2-1-3-13(8-12)11-20-15-5-6-16-14(9-15)4-7-17(16)19/h1-3,5-6,8-9H,4,7,11H2. The minimum atomic E-state index is 0.216. The number of rotatable bonds is 3. The number of ketones is 1. The highest BCUT2D eigenvalue weighted by Crippen LogP contribution is 2.26. The molecule has 3 heteroatoms. The van der Waals surface area contributed by atoms with Crippen molar-refractivity contribution in [3.8, 4) is 11.8 Å². The molecule has 0 atom stereocenters. The molecule has 20 heavy (non-hydrogen) atoms. The Balaban J connectivity index is 1.73. The number of Topliss-reactive ketones (excluding diaryl/α,β-unsaturated/α-hetero) is 1. The minimum absolute atomic E-state index is 0.216. The number of fused-ring (bicyclic) bond motifs is 1. The molecule has 0 unspecified atom stereocenters. The van der Waals surface area contributed by atoms with Crippen molar-refractivity contribution >= 4 is 5.78 Å². The molecular formula is C17H13NO2. The Hall–Kier alpha value is -2.60. The largest absolute Gasteiger partial charge is 0.489 e. The Kier molecular flexibility index (Phi) is 3.22. The van der Waals surface area contributed by atoms with Crippen molar-refractivity contribution in [1.29, 1.82) is 5.26 Å². The quantitative estimate of drug-likeness (QED) is 0.854. The van der Waals surface area contributed by atoms with Gasteiger partial charge in [-0.05, 0) is 47.9 Å². The average Bonchev–Trinajstić information content (AvgIpc) is 2.86. The second kappa shape index (κ2) is 5.18. The fraction of sp³-hybridized carbons (Fsp3) is 0.176. The summed E-state index contributed by atoms with van der Waals surface area (Å²) in [6, 6.07) is 15.1. The molecule has 0 aliphatic heterocycles. The van der Waals surface area contributed by atoms with Crippen LogP contribution in [0.25, 0.3) is 0 Å². The van der Waals surface area contributed by atoms with Crippen LogP contribution in [0, 0.1) is 11.3 Å². The van der Waals surface area contributed by atoms with Crippen LogP contribution in [0.4, 0.5) is 0 Å². The molecule has 0 radical (unpaired) electrons. The molecule has 1 aliphatic rings. The number of benzene rings is 2. The Labute approximate surface area is 117 Å². The lowest BCUT2D eigenvalue weighted by Gasteiger charge is -2.08. The van der Waals surface area contributed by atoms with Gasteiger partial charge in [0, 0.05) is 12.0 Å². The average molecular weight is 263 g/mol. The van der Waals surface area contributed by atoms with Gasteiger partial charge < -0.3 is 4.74 Å². The van der Waals surface area contributed by atoms with E-state index in [1.165, 1.54) is 0 Å². The van der Waals surface area contributed by atoms with Gasteiger partial charge in [-0.25, -0.2) is 0 Å². The van der Waals surface area contributed by atoms with Crippen molar-refractivity contribution in [3.63, 3.8) is 0 Å². The number of carbonyl (C=O) groups excluding carboxylic acids is 1. The summed E-state index contributed by atoms with van der Waals surface area (Å²) in [4.78, 5) is 11.6. The zero-order valence-electron chi connectivity index (χ0n) is 10.9. The van der Waals surface area contributed by atoms with E-state index in [1.807, 2.05) is 36.4 Å². The molecule has 3 rings (SSSR count). The molecule has 3 nitrogen and oxygen atoms in total. The van der Waals surface area contributed by atoms with E-state index >= 15 is 0 Å². The smallest absolute Gasteiger partial charge is 0.163 e. The van der Waals surface area contributed by atoms with Crippen LogP contribution in [0.2, 0.25) is 0 Å². The van der Waals surface area contributed by atoms with Gasteiger partial charge >= 0.3 is 0 Å². The van der Waals surface area contributed by atoms with Crippen LogP contribution in [-0.2, 0) is 13.0 Å². The molecule has 98 valence electrons. The number of hydrogen-bond donors (Lipinski definition) is 0.